The van der Waals surface area contributed by atoms with Crippen LogP contribution in [0.15, 0.2) is 24.3 Å². The zero-order chi connectivity index (χ0) is 8.67. The van der Waals surface area contributed by atoms with Gasteiger partial charge in [-0.25, -0.2) is 0 Å². The predicted octanol–water partition coefficient (Wildman–Crippen LogP) is 2.42. The van der Waals surface area contributed by atoms with Crippen molar-refractivity contribution in [3.8, 4) is 0 Å². The van der Waals surface area contributed by atoms with Crippen molar-refractivity contribution in [1.82, 2.24) is 0 Å². The molecule has 0 saturated carbocycles. The van der Waals surface area contributed by atoms with Crippen molar-refractivity contribution in [2.24, 2.45) is 0 Å². The first kappa shape index (κ1) is 7.89. The third-order valence-corrected chi connectivity index (χ3v) is 4.15. The molecular formula is C11H12OS. The van der Waals surface area contributed by atoms with Crippen LogP contribution in [0.25, 0.3) is 0 Å². The molecule has 1 aliphatic carbocycles. The van der Waals surface area contributed by atoms with Crippen LogP contribution in [-0.4, -0.2) is 18.5 Å². The first-order chi connectivity index (χ1) is 6.45. The van der Waals surface area contributed by atoms with Gasteiger partial charge in [0.2, 0.25) is 0 Å². The molecule has 0 bridgehead atoms. The third kappa shape index (κ3) is 1.20. The van der Waals surface area contributed by atoms with E-state index in [-0.39, 0.29) is 0 Å². The summed E-state index contributed by atoms with van der Waals surface area (Å²) in [5.41, 5.74) is 3.00. The fourth-order valence-electron chi connectivity index (χ4n) is 2.24. The second-order valence-corrected chi connectivity index (χ2v) is 4.85. The molecule has 1 aliphatic heterocycles. The molecule has 0 amide bonds. The van der Waals surface area contributed by atoms with Crippen LogP contribution in [0, 0.1) is 0 Å². The average molecular weight is 192 g/mol. The van der Waals surface area contributed by atoms with Crippen LogP contribution in [0.1, 0.15) is 16.4 Å². The summed E-state index contributed by atoms with van der Waals surface area (Å²) in [5.74, 6) is 1.15. The monoisotopic (exact) mass is 192 g/mol. The maximum absolute atomic E-state index is 5.76. The largest absolute Gasteiger partial charge is 0.376 e. The van der Waals surface area contributed by atoms with Crippen molar-refractivity contribution < 1.29 is 4.74 Å². The number of hydrogen-bond acceptors (Lipinski definition) is 2. The summed E-state index contributed by atoms with van der Waals surface area (Å²) in [6, 6.07) is 8.75. The van der Waals surface area contributed by atoms with Crippen LogP contribution in [0.4, 0.5) is 0 Å². The summed E-state index contributed by atoms with van der Waals surface area (Å²) < 4.78 is 5.76. The van der Waals surface area contributed by atoms with Gasteiger partial charge in [-0.1, -0.05) is 24.3 Å². The molecular weight excluding hydrogens is 180 g/mol. The Labute approximate surface area is 82.5 Å². The van der Waals surface area contributed by atoms with E-state index in [4.69, 9.17) is 4.74 Å². The van der Waals surface area contributed by atoms with Crippen molar-refractivity contribution >= 4 is 11.8 Å². The van der Waals surface area contributed by atoms with Crippen LogP contribution in [-0.2, 0) is 11.2 Å². The fraction of sp³-hybridized carbons (Fsp3) is 0.455. The normalized spacial score (nSPS) is 31.1. The van der Waals surface area contributed by atoms with Crippen LogP contribution in [0.3, 0.4) is 0 Å². The van der Waals surface area contributed by atoms with Gasteiger partial charge >= 0.3 is 0 Å². The molecule has 1 fully saturated rings. The summed E-state index contributed by atoms with van der Waals surface area (Å²) in [6.45, 7) is 0.930. The molecule has 0 spiro atoms. The number of ether oxygens (including phenoxy) is 1. The molecule has 0 aromatic heterocycles. The zero-order valence-corrected chi connectivity index (χ0v) is 8.22. The molecule has 1 aromatic carbocycles. The molecule has 68 valence electrons. The van der Waals surface area contributed by atoms with Crippen LogP contribution in [0.5, 0.6) is 0 Å². The van der Waals surface area contributed by atoms with E-state index in [1.807, 2.05) is 0 Å². The highest BCUT2D eigenvalue weighted by atomic mass is 32.2. The Balaban J connectivity index is 2.01. The quantitative estimate of drug-likeness (QED) is 0.624. The fourth-order valence-corrected chi connectivity index (χ4v) is 3.49. The topological polar surface area (TPSA) is 9.23 Å². The lowest BCUT2D eigenvalue weighted by atomic mass is 10.1. The molecule has 2 heteroatoms. The van der Waals surface area contributed by atoms with Gasteiger partial charge in [0.1, 0.15) is 0 Å². The summed E-state index contributed by atoms with van der Waals surface area (Å²) in [7, 11) is 0. The highest BCUT2D eigenvalue weighted by Gasteiger charge is 2.35. The van der Waals surface area contributed by atoms with Crippen molar-refractivity contribution in [2.45, 2.75) is 17.8 Å². The lowest BCUT2D eigenvalue weighted by Gasteiger charge is -2.25. The van der Waals surface area contributed by atoms with Crippen molar-refractivity contribution in [2.75, 3.05) is 12.4 Å². The third-order valence-electron chi connectivity index (χ3n) is 2.83. The van der Waals surface area contributed by atoms with E-state index in [2.05, 4.69) is 36.0 Å². The second kappa shape index (κ2) is 3.03. The van der Waals surface area contributed by atoms with Gasteiger partial charge in [-0.2, -0.15) is 0 Å². The smallest absolute Gasteiger partial charge is 0.0775 e. The molecule has 0 N–H and O–H groups in total. The van der Waals surface area contributed by atoms with Crippen LogP contribution in [0.2, 0.25) is 0 Å². The van der Waals surface area contributed by atoms with E-state index in [0.29, 0.717) is 11.4 Å². The molecule has 1 aromatic rings. The van der Waals surface area contributed by atoms with Gasteiger partial charge in [-0.05, 0) is 11.1 Å². The number of thioether (sulfide) groups is 1. The van der Waals surface area contributed by atoms with Gasteiger partial charge in [0.25, 0.3) is 0 Å². The molecule has 2 aliphatic rings. The molecule has 3 rings (SSSR count). The zero-order valence-electron chi connectivity index (χ0n) is 7.40. The lowest BCUT2D eigenvalue weighted by Crippen LogP contribution is -2.23. The Hall–Kier alpha value is -0.470. The highest BCUT2D eigenvalue weighted by molar-refractivity contribution is 7.99. The van der Waals surface area contributed by atoms with Gasteiger partial charge in [0, 0.05) is 12.2 Å². The Morgan fingerprint density at radius 3 is 3.23 bits per heavy atom. The minimum Gasteiger partial charge on any atom is -0.376 e. The Morgan fingerprint density at radius 1 is 1.31 bits per heavy atom. The van der Waals surface area contributed by atoms with E-state index in [1.54, 1.807) is 0 Å². The molecule has 0 radical (unpaired) electrons. The van der Waals surface area contributed by atoms with Crippen LogP contribution < -0.4 is 0 Å². The lowest BCUT2D eigenvalue weighted by molar-refractivity contribution is 0.0637. The van der Waals surface area contributed by atoms with E-state index in [1.165, 1.54) is 11.1 Å². The average Bonchev–Trinajstić information content (AvgIpc) is 2.56. The van der Waals surface area contributed by atoms with Crippen molar-refractivity contribution in [3.05, 3.63) is 35.4 Å². The van der Waals surface area contributed by atoms with E-state index in [0.717, 1.165) is 18.8 Å². The van der Waals surface area contributed by atoms with E-state index >= 15 is 0 Å². The maximum Gasteiger partial charge on any atom is 0.0775 e. The Kier molecular flexibility index (Phi) is 1.84. The van der Waals surface area contributed by atoms with Gasteiger partial charge in [0.15, 0.2) is 0 Å². The van der Waals surface area contributed by atoms with Crippen molar-refractivity contribution in [1.29, 1.82) is 0 Å². The molecule has 1 saturated heterocycles. The standard InChI is InChI=1S/C11H12OS/c1-2-4-9-8(3-1)7-10-11(9)13-6-5-12-10/h1-4,10-11H,5-7H2/t10-,11+/m0/s1. The number of benzene rings is 1. The summed E-state index contributed by atoms with van der Waals surface area (Å²) in [4.78, 5) is 0. The van der Waals surface area contributed by atoms with E-state index in [9.17, 15) is 0 Å². The molecule has 0 unspecified atom stereocenters. The predicted molar refractivity (Wildman–Crippen MR) is 55.1 cm³/mol. The first-order valence-electron chi connectivity index (χ1n) is 4.76. The minimum atomic E-state index is 0.455. The van der Waals surface area contributed by atoms with Crippen molar-refractivity contribution in [3.63, 3.8) is 0 Å². The van der Waals surface area contributed by atoms with Gasteiger partial charge in [-0.3, -0.25) is 0 Å². The SMILES string of the molecule is c1ccc2c(c1)C[C@@H]1OCCS[C@H]21. The van der Waals surface area contributed by atoms with Crippen LogP contribution >= 0.6 is 11.8 Å². The highest BCUT2D eigenvalue weighted by Crippen LogP contribution is 2.44. The minimum absolute atomic E-state index is 0.455. The Bertz CT molecular complexity index is 324. The number of hydrogen-bond donors (Lipinski definition) is 0. The van der Waals surface area contributed by atoms with E-state index < -0.39 is 0 Å². The Morgan fingerprint density at radius 2 is 2.23 bits per heavy atom. The summed E-state index contributed by atoms with van der Waals surface area (Å²) >= 11 is 2.05. The second-order valence-electron chi connectivity index (χ2n) is 3.60. The van der Waals surface area contributed by atoms with Gasteiger partial charge in [0.05, 0.1) is 18.0 Å². The van der Waals surface area contributed by atoms with Gasteiger partial charge < -0.3 is 4.74 Å². The molecule has 1 nitrogen and oxygen atoms in total. The maximum atomic E-state index is 5.76. The molecule has 2 atom stereocenters. The number of rotatable bonds is 0. The first-order valence-corrected chi connectivity index (χ1v) is 5.81. The number of fused-ring (bicyclic) bond motifs is 3. The summed E-state index contributed by atoms with van der Waals surface area (Å²) in [6.07, 6.45) is 1.57. The summed E-state index contributed by atoms with van der Waals surface area (Å²) in [5, 5.41) is 0.616. The van der Waals surface area contributed by atoms with Gasteiger partial charge in [-0.15, -0.1) is 11.8 Å². The molecule has 1 heterocycles. The molecule has 13 heavy (non-hydrogen) atoms.